The normalized spacial score (nSPS) is 11.8. The first kappa shape index (κ1) is 17.3. The largest absolute Gasteiger partial charge is 0.492 e. The van der Waals surface area contributed by atoms with Crippen LogP contribution in [0.3, 0.4) is 0 Å². The Bertz CT molecular complexity index is 634. The fourth-order valence-corrected chi connectivity index (χ4v) is 2.48. The highest BCUT2D eigenvalue weighted by Gasteiger charge is 2.22. The molecule has 1 atom stereocenters. The number of carbonyl (C=O) groups excluding carboxylic acids is 1. The second-order valence-corrected chi connectivity index (χ2v) is 5.70. The van der Waals surface area contributed by atoms with Crippen LogP contribution in [-0.4, -0.2) is 37.6 Å². The van der Waals surface area contributed by atoms with E-state index in [4.69, 9.17) is 22.1 Å². The van der Waals surface area contributed by atoms with Gasteiger partial charge in [-0.05, 0) is 23.8 Å². The molecule has 2 rings (SSSR count). The Morgan fingerprint density at radius 1 is 1.22 bits per heavy atom. The maximum atomic E-state index is 12.5. The zero-order valence-corrected chi connectivity index (χ0v) is 13.9. The molecule has 0 aliphatic carbocycles. The summed E-state index contributed by atoms with van der Waals surface area (Å²) < 4.78 is 5.62. The number of amides is 1. The van der Waals surface area contributed by atoms with Crippen LogP contribution >= 0.6 is 11.6 Å². The highest BCUT2D eigenvalue weighted by Crippen LogP contribution is 2.18. The van der Waals surface area contributed by atoms with Gasteiger partial charge in [0.05, 0.1) is 12.5 Å². The number of carbonyl (C=O) groups is 1. The molecule has 0 aliphatic rings. The van der Waals surface area contributed by atoms with E-state index in [0.29, 0.717) is 23.9 Å². The van der Waals surface area contributed by atoms with Gasteiger partial charge < -0.3 is 15.4 Å². The number of nitrogens with two attached hydrogens (primary N) is 1. The van der Waals surface area contributed by atoms with Crippen molar-refractivity contribution in [3.05, 3.63) is 65.2 Å². The lowest BCUT2D eigenvalue weighted by Crippen LogP contribution is -2.37. The number of halogens is 1. The van der Waals surface area contributed by atoms with Crippen LogP contribution in [0.2, 0.25) is 5.02 Å². The molecule has 0 spiro atoms. The lowest BCUT2D eigenvalue weighted by molar-refractivity contribution is -0.131. The Morgan fingerprint density at radius 2 is 1.96 bits per heavy atom. The summed E-state index contributed by atoms with van der Waals surface area (Å²) in [5.74, 6) is 0.359. The molecule has 0 bridgehead atoms. The Kier molecular flexibility index (Phi) is 6.44. The SMILES string of the molecule is CN(CCOc1cccc(Cl)c1)C(=O)C(CN)c1ccccc1. The summed E-state index contributed by atoms with van der Waals surface area (Å²) in [6, 6.07) is 16.8. The number of nitrogens with zero attached hydrogens (tertiary/aromatic N) is 1. The van der Waals surface area contributed by atoms with Gasteiger partial charge in [0.25, 0.3) is 0 Å². The van der Waals surface area contributed by atoms with Crippen LogP contribution in [0.1, 0.15) is 11.5 Å². The zero-order chi connectivity index (χ0) is 16.7. The number of likely N-dealkylation sites (N-methyl/N-ethyl adjacent to an activating group) is 1. The summed E-state index contributed by atoms with van der Waals surface area (Å²) in [4.78, 5) is 14.2. The number of ether oxygens (including phenoxy) is 1. The lowest BCUT2D eigenvalue weighted by atomic mass is 9.98. The molecule has 122 valence electrons. The molecule has 1 amide bonds. The first-order valence-electron chi connectivity index (χ1n) is 7.50. The smallest absolute Gasteiger partial charge is 0.231 e. The molecule has 0 saturated carbocycles. The minimum Gasteiger partial charge on any atom is -0.492 e. The second kappa shape index (κ2) is 8.56. The molecule has 0 saturated heterocycles. The maximum absolute atomic E-state index is 12.5. The van der Waals surface area contributed by atoms with Gasteiger partial charge in [-0.1, -0.05) is 48.0 Å². The minimum absolute atomic E-state index is 0.00612. The average Bonchev–Trinajstić information content (AvgIpc) is 2.56. The quantitative estimate of drug-likeness (QED) is 0.848. The number of hydrogen-bond acceptors (Lipinski definition) is 3. The Morgan fingerprint density at radius 3 is 2.61 bits per heavy atom. The molecule has 4 nitrogen and oxygen atoms in total. The van der Waals surface area contributed by atoms with Crippen molar-refractivity contribution >= 4 is 17.5 Å². The van der Waals surface area contributed by atoms with Gasteiger partial charge in [-0.2, -0.15) is 0 Å². The van der Waals surface area contributed by atoms with Crippen LogP contribution < -0.4 is 10.5 Å². The summed E-state index contributed by atoms with van der Waals surface area (Å²) in [6.45, 7) is 1.16. The molecule has 2 aromatic rings. The van der Waals surface area contributed by atoms with E-state index in [1.807, 2.05) is 42.5 Å². The van der Waals surface area contributed by atoms with Gasteiger partial charge in [0.1, 0.15) is 12.4 Å². The van der Waals surface area contributed by atoms with Crippen LogP contribution in [-0.2, 0) is 4.79 Å². The van der Waals surface area contributed by atoms with E-state index in [0.717, 1.165) is 5.56 Å². The number of rotatable bonds is 7. The fourth-order valence-electron chi connectivity index (χ4n) is 2.30. The molecule has 1 unspecified atom stereocenters. The molecule has 2 aromatic carbocycles. The standard InChI is InChI=1S/C18H21ClN2O2/c1-21(10-11-23-16-9-5-8-15(19)12-16)18(22)17(13-20)14-6-3-2-4-7-14/h2-9,12,17H,10-11,13,20H2,1H3. The van der Waals surface area contributed by atoms with Gasteiger partial charge in [0, 0.05) is 18.6 Å². The van der Waals surface area contributed by atoms with Crippen LogP contribution in [0.25, 0.3) is 0 Å². The van der Waals surface area contributed by atoms with E-state index < -0.39 is 0 Å². The molecular weight excluding hydrogens is 312 g/mol. The summed E-state index contributed by atoms with van der Waals surface area (Å²) in [5.41, 5.74) is 6.72. The van der Waals surface area contributed by atoms with Crippen molar-refractivity contribution < 1.29 is 9.53 Å². The predicted molar refractivity (Wildman–Crippen MR) is 92.8 cm³/mol. The molecule has 0 aliphatic heterocycles. The van der Waals surface area contributed by atoms with Gasteiger partial charge in [-0.15, -0.1) is 0 Å². The van der Waals surface area contributed by atoms with Crippen molar-refractivity contribution in [1.29, 1.82) is 0 Å². The van der Waals surface area contributed by atoms with Crippen molar-refractivity contribution in [3.8, 4) is 5.75 Å². The molecule has 23 heavy (non-hydrogen) atoms. The van der Waals surface area contributed by atoms with Gasteiger partial charge in [-0.25, -0.2) is 0 Å². The lowest BCUT2D eigenvalue weighted by Gasteiger charge is -2.23. The van der Waals surface area contributed by atoms with Crippen molar-refractivity contribution in [2.45, 2.75) is 5.92 Å². The van der Waals surface area contributed by atoms with E-state index in [1.165, 1.54) is 0 Å². The van der Waals surface area contributed by atoms with Crippen LogP contribution in [0.4, 0.5) is 0 Å². The number of benzene rings is 2. The molecule has 5 heteroatoms. The molecule has 0 heterocycles. The van der Waals surface area contributed by atoms with E-state index >= 15 is 0 Å². The van der Waals surface area contributed by atoms with Crippen LogP contribution in [0.15, 0.2) is 54.6 Å². The Labute approximate surface area is 141 Å². The summed E-state index contributed by atoms with van der Waals surface area (Å²) in [7, 11) is 1.76. The van der Waals surface area contributed by atoms with E-state index in [2.05, 4.69) is 0 Å². The summed E-state index contributed by atoms with van der Waals surface area (Å²) >= 11 is 5.91. The van der Waals surface area contributed by atoms with E-state index in [9.17, 15) is 4.79 Å². The average molecular weight is 333 g/mol. The first-order valence-corrected chi connectivity index (χ1v) is 7.88. The van der Waals surface area contributed by atoms with Crippen molar-refractivity contribution in [3.63, 3.8) is 0 Å². The van der Waals surface area contributed by atoms with Crippen molar-refractivity contribution in [2.75, 3.05) is 26.7 Å². The molecule has 2 N–H and O–H groups in total. The summed E-state index contributed by atoms with van der Waals surface area (Å²) in [5, 5.41) is 0.624. The molecule has 0 radical (unpaired) electrons. The zero-order valence-electron chi connectivity index (χ0n) is 13.1. The fraction of sp³-hybridized carbons (Fsp3) is 0.278. The Balaban J connectivity index is 1.89. The third kappa shape index (κ3) is 4.98. The van der Waals surface area contributed by atoms with Crippen LogP contribution in [0.5, 0.6) is 5.75 Å². The molecule has 0 aromatic heterocycles. The highest BCUT2D eigenvalue weighted by molar-refractivity contribution is 6.30. The van der Waals surface area contributed by atoms with Crippen molar-refractivity contribution in [2.24, 2.45) is 5.73 Å². The number of hydrogen-bond donors (Lipinski definition) is 1. The first-order chi connectivity index (χ1) is 11.1. The topological polar surface area (TPSA) is 55.6 Å². The maximum Gasteiger partial charge on any atom is 0.231 e. The third-order valence-electron chi connectivity index (χ3n) is 3.60. The van der Waals surface area contributed by atoms with Gasteiger partial charge in [-0.3, -0.25) is 4.79 Å². The molecular formula is C18H21ClN2O2. The third-order valence-corrected chi connectivity index (χ3v) is 3.84. The van der Waals surface area contributed by atoms with Crippen LogP contribution in [0, 0.1) is 0 Å². The van der Waals surface area contributed by atoms with E-state index in [-0.39, 0.29) is 18.4 Å². The van der Waals surface area contributed by atoms with E-state index in [1.54, 1.807) is 24.1 Å². The monoisotopic (exact) mass is 332 g/mol. The second-order valence-electron chi connectivity index (χ2n) is 5.26. The summed E-state index contributed by atoms with van der Waals surface area (Å²) in [6.07, 6.45) is 0. The van der Waals surface area contributed by atoms with Crippen molar-refractivity contribution in [1.82, 2.24) is 4.90 Å². The van der Waals surface area contributed by atoms with Gasteiger partial charge in [0.15, 0.2) is 0 Å². The highest BCUT2D eigenvalue weighted by atomic mass is 35.5. The molecule has 0 fully saturated rings. The Hall–Kier alpha value is -2.04. The minimum atomic E-state index is -0.327. The predicted octanol–water partition coefficient (Wildman–Crippen LogP) is 2.92. The van der Waals surface area contributed by atoms with Gasteiger partial charge in [0.2, 0.25) is 5.91 Å². The van der Waals surface area contributed by atoms with Gasteiger partial charge >= 0.3 is 0 Å².